The Morgan fingerprint density at radius 1 is 1.03 bits per heavy atom. The molecule has 3 aromatic heterocycles. The Hall–Kier alpha value is -2.90. The largest absolute Gasteiger partial charge is 0.273 e. The molecule has 5 rings (SSSR count). The van der Waals surface area contributed by atoms with Gasteiger partial charge in [0.1, 0.15) is 4.70 Å². The molecule has 3 heterocycles. The van der Waals surface area contributed by atoms with Crippen molar-refractivity contribution in [3.63, 3.8) is 0 Å². The summed E-state index contributed by atoms with van der Waals surface area (Å²) in [5.74, 6) is 1.86. The van der Waals surface area contributed by atoms with Crippen LogP contribution in [0.3, 0.4) is 0 Å². The molecular formula is C26H26N4OS2. The number of rotatable bonds is 6. The fourth-order valence-electron chi connectivity index (χ4n) is 4.02. The van der Waals surface area contributed by atoms with E-state index in [4.69, 9.17) is 0 Å². The molecule has 0 bridgehead atoms. The van der Waals surface area contributed by atoms with E-state index in [2.05, 4.69) is 80.4 Å². The molecule has 0 amide bonds. The third-order valence-corrected chi connectivity index (χ3v) is 7.90. The second kappa shape index (κ2) is 8.80. The number of thiophene rings is 1. The molecule has 0 N–H and O–H groups in total. The molecular weight excluding hydrogens is 448 g/mol. The number of benzene rings is 2. The zero-order valence-corrected chi connectivity index (χ0v) is 20.8. The van der Waals surface area contributed by atoms with Crippen molar-refractivity contribution in [3.8, 4) is 0 Å². The molecule has 168 valence electrons. The first-order valence-corrected chi connectivity index (χ1v) is 12.9. The van der Waals surface area contributed by atoms with Crippen LogP contribution in [0, 0.1) is 13.8 Å². The summed E-state index contributed by atoms with van der Waals surface area (Å²) in [6, 6.07) is 17.0. The summed E-state index contributed by atoms with van der Waals surface area (Å²) in [5, 5.41) is 11.7. The fourth-order valence-corrected chi connectivity index (χ4v) is 5.85. The topological polar surface area (TPSA) is 52.2 Å². The molecule has 2 aromatic carbocycles. The number of thioether (sulfide) groups is 1. The summed E-state index contributed by atoms with van der Waals surface area (Å²) in [6.45, 7) is 9.08. The Bertz CT molecular complexity index is 1510. The highest BCUT2D eigenvalue weighted by Crippen LogP contribution is 2.28. The van der Waals surface area contributed by atoms with Crippen LogP contribution >= 0.6 is 23.1 Å². The third-order valence-electron chi connectivity index (χ3n) is 6.03. The maximum Gasteiger partial charge on any atom is 0.273 e. The van der Waals surface area contributed by atoms with Crippen LogP contribution in [0.2, 0.25) is 0 Å². The molecule has 0 saturated carbocycles. The van der Waals surface area contributed by atoms with Gasteiger partial charge in [-0.25, -0.2) is 0 Å². The molecule has 0 radical (unpaired) electrons. The standard InChI is InChI=1S/C26H26N4OS2/c1-16(2)20-9-7-19(8-10-20)14-29-24(31)23-22(11-12-32-23)30-25(29)27-28-26(30)33-15-21-13-17(3)5-6-18(21)4/h5-13,16H,14-15H2,1-4H3. The van der Waals surface area contributed by atoms with Crippen molar-refractivity contribution in [2.45, 2.75) is 51.1 Å². The molecule has 0 aliphatic rings. The molecule has 5 nitrogen and oxygen atoms in total. The number of aromatic nitrogens is 4. The summed E-state index contributed by atoms with van der Waals surface area (Å²) in [4.78, 5) is 13.3. The highest BCUT2D eigenvalue weighted by molar-refractivity contribution is 7.98. The third kappa shape index (κ3) is 4.11. The maximum absolute atomic E-state index is 13.3. The summed E-state index contributed by atoms with van der Waals surface area (Å²) in [7, 11) is 0. The first kappa shape index (κ1) is 21.9. The van der Waals surface area contributed by atoms with E-state index in [1.807, 2.05) is 15.8 Å². The van der Waals surface area contributed by atoms with Gasteiger partial charge in [0, 0.05) is 5.75 Å². The summed E-state index contributed by atoms with van der Waals surface area (Å²) < 4.78 is 4.51. The molecule has 7 heteroatoms. The number of hydrogen-bond acceptors (Lipinski definition) is 5. The van der Waals surface area contributed by atoms with Gasteiger partial charge < -0.3 is 0 Å². The monoisotopic (exact) mass is 474 g/mol. The van der Waals surface area contributed by atoms with Gasteiger partial charge in [-0.3, -0.25) is 13.8 Å². The number of hydrogen-bond donors (Lipinski definition) is 0. The van der Waals surface area contributed by atoms with Crippen LogP contribution in [0.4, 0.5) is 0 Å². The first-order chi connectivity index (χ1) is 15.9. The molecule has 5 aromatic rings. The van der Waals surface area contributed by atoms with E-state index < -0.39 is 0 Å². The Balaban J connectivity index is 1.56. The van der Waals surface area contributed by atoms with Crippen LogP contribution < -0.4 is 5.56 Å². The smallest absolute Gasteiger partial charge is 0.271 e. The van der Waals surface area contributed by atoms with E-state index in [0.29, 0.717) is 18.2 Å². The van der Waals surface area contributed by atoms with Gasteiger partial charge in [-0.2, -0.15) is 0 Å². The van der Waals surface area contributed by atoms with Gasteiger partial charge in [-0.05, 0) is 53.5 Å². The SMILES string of the molecule is Cc1ccc(C)c(CSc2nnc3n(Cc4ccc(C(C)C)cc4)c(=O)c4sccc4n23)c1. The summed E-state index contributed by atoms with van der Waals surface area (Å²) in [6.07, 6.45) is 0. The van der Waals surface area contributed by atoms with Gasteiger partial charge in [0.2, 0.25) is 5.78 Å². The van der Waals surface area contributed by atoms with E-state index in [-0.39, 0.29) is 5.56 Å². The minimum atomic E-state index is -0.0149. The average molecular weight is 475 g/mol. The average Bonchev–Trinajstić information content (AvgIpc) is 3.45. The van der Waals surface area contributed by atoms with Crippen LogP contribution in [-0.2, 0) is 12.3 Å². The van der Waals surface area contributed by atoms with Gasteiger partial charge in [0.15, 0.2) is 5.16 Å². The van der Waals surface area contributed by atoms with Gasteiger partial charge >= 0.3 is 0 Å². The maximum atomic E-state index is 13.3. The molecule has 0 fully saturated rings. The molecule has 0 atom stereocenters. The van der Waals surface area contributed by atoms with Gasteiger partial charge in [0.05, 0.1) is 12.1 Å². The fraction of sp³-hybridized carbons (Fsp3) is 0.269. The van der Waals surface area contributed by atoms with Crippen LogP contribution in [0.25, 0.3) is 16.0 Å². The van der Waals surface area contributed by atoms with Crippen LogP contribution in [0.5, 0.6) is 0 Å². The van der Waals surface area contributed by atoms with Crippen molar-refractivity contribution in [1.82, 2.24) is 19.2 Å². The lowest BCUT2D eigenvalue weighted by molar-refractivity contribution is 0.764. The van der Waals surface area contributed by atoms with Gasteiger partial charge in [-0.1, -0.05) is 73.6 Å². The van der Waals surface area contributed by atoms with Gasteiger partial charge in [-0.15, -0.1) is 21.5 Å². The van der Waals surface area contributed by atoms with E-state index in [1.54, 1.807) is 16.3 Å². The van der Waals surface area contributed by atoms with E-state index >= 15 is 0 Å². The number of fused-ring (bicyclic) bond motifs is 3. The Morgan fingerprint density at radius 2 is 1.82 bits per heavy atom. The second-order valence-corrected chi connectivity index (χ2v) is 10.6. The van der Waals surface area contributed by atoms with Crippen LogP contribution in [0.1, 0.15) is 47.6 Å². The van der Waals surface area contributed by atoms with Gasteiger partial charge in [0.25, 0.3) is 5.56 Å². The van der Waals surface area contributed by atoms with Crippen LogP contribution in [-0.4, -0.2) is 19.2 Å². The second-order valence-electron chi connectivity index (χ2n) is 8.76. The lowest BCUT2D eigenvalue weighted by atomic mass is 10.0. The van der Waals surface area contributed by atoms with Crippen molar-refractivity contribution in [2.75, 3.05) is 0 Å². The molecule has 0 spiro atoms. The zero-order chi connectivity index (χ0) is 23.1. The van der Waals surface area contributed by atoms with E-state index in [9.17, 15) is 4.79 Å². The summed E-state index contributed by atoms with van der Waals surface area (Å²) in [5.41, 5.74) is 7.03. The Labute approximate surface area is 201 Å². The van der Waals surface area contributed by atoms with Crippen molar-refractivity contribution in [3.05, 3.63) is 92.1 Å². The Morgan fingerprint density at radius 3 is 2.58 bits per heavy atom. The predicted octanol–water partition coefficient (Wildman–Crippen LogP) is 6.19. The van der Waals surface area contributed by atoms with Crippen LogP contribution in [0.15, 0.2) is 63.9 Å². The highest BCUT2D eigenvalue weighted by atomic mass is 32.2. The van der Waals surface area contributed by atoms with Crippen molar-refractivity contribution < 1.29 is 0 Å². The van der Waals surface area contributed by atoms with Crippen molar-refractivity contribution in [2.24, 2.45) is 0 Å². The quantitative estimate of drug-likeness (QED) is 0.276. The van der Waals surface area contributed by atoms with Crippen molar-refractivity contribution in [1.29, 1.82) is 0 Å². The lowest BCUT2D eigenvalue weighted by Gasteiger charge is -2.11. The molecule has 33 heavy (non-hydrogen) atoms. The first-order valence-electron chi connectivity index (χ1n) is 11.1. The molecule has 0 aliphatic heterocycles. The van der Waals surface area contributed by atoms with Crippen molar-refractivity contribution >= 4 is 39.1 Å². The zero-order valence-electron chi connectivity index (χ0n) is 19.2. The summed E-state index contributed by atoms with van der Waals surface area (Å²) >= 11 is 3.13. The Kier molecular flexibility index (Phi) is 5.85. The predicted molar refractivity (Wildman–Crippen MR) is 138 cm³/mol. The number of nitrogens with zero attached hydrogens (tertiary/aromatic N) is 4. The highest BCUT2D eigenvalue weighted by Gasteiger charge is 2.18. The number of aryl methyl sites for hydroxylation is 2. The molecule has 0 saturated heterocycles. The molecule has 0 aliphatic carbocycles. The minimum Gasteiger partial charge on any atom is -0.271 e. The van der Waals surface area contributed by atoms with E-state index in [0.717, 1.165) is 26.7 Å². The normalized spacial score (nSPS) is 11.8. The lowest BCUT2D eigenvalue weighted by Crippen LogP contribution is -2.23. The minimum absolute atomic E-state index is 0.0149. The van der Waals surface area contributed by atoms with E-state index in [1.165, 1.54) is 33.6 Å². The molecule has 0 unspecified atom stereocenters.